The van der Waals surface area contributed by atoms with Crippen molar-refractivity contribution in [3.05, 3.63) is 40.8 Å². The van der Waals surface area contributed by atoms with Gasteiger partial charge in [0.25, 0.3) is 16.0 Å². The van der Waals surface area contributed by atoms with Gasteiger partial charge in [0.2, 0.25) is 0 Å². The molecule has 20 heavy (non-hydrogen) atoms. The molecule has 1 aromatic rings. The molecule has 0 fully saturated rings. The molecular formula is C14H19NO4S. The minimum atomic E-state index is -4.56. The first-order valence-corrected chi connectivity index (χ1v) is 7.91. The van der Waals surface area contributed by atoms with Crippen molar-refractivity contribution in [2.24, 2.45) is 0 Å². The van der Waals surface area contributed by atoms with Crippen LogP contribution in [0.25, 0.3) is 6.08 Å². The van der Waals surface area contributed by atoms with Gasteiger partial charge in [-0.1, -0.05) is 50.1 Å². The monoisotopic (exact) mass is 297 g/mol. The fourth-order valence-corrected chi connectivity index (χ4v) is 2.21. The van der Waals surface area contributed by atoms with Gasteiger partial charge in [-0.15, -0.1) is 0 Å². The van der Waals surface area contributed by atoms with E-state index in [9.17, 15) is 13.2 Å². The van der Waals surface area contributed by atoms with Crippen molar-refractivity contribution >= 4 is 22.1 Å². The number of amides is 1. The summed E-state index contributed by atoms with van der Waals surface area (Å²) in [6.45, 7) is 2.41. The molecule has 0 unspecified atom stereocenters. The second-order valence-electron chi connectivity index (χ2n) is 4.36. The van der Waals surface area contributed by atoms with Crippen LogP contribution >= 0.6 is 0 Å². The number of hydrogen-bond acceptors (Lipinski definition) is 3. The highest BCUT2D eigenvalue weighted by molar-refractivity contribution is 7.91. The molecule has 2 N–H and O–H groups in total. The molecule has 0 aliphatic heterocycles. The minimum Gasteiger partial charge on any atom is -0.351 e. The quantitative estimate of drug-likeness (QED) is 0.459. The van der Waals surface area contributed by atoms with Gasteiger partial charge in [-0.25, -0.2) is 0 Å². The molecular weight excluding hydrogens is 278 g/mol. The van der Waals surface area contributed by atoms with Crippen LogP contribution in [0.15, 0.2) is 35.2 Å². The molecule has 0 radical (unpaired) electrons. The van der Waals surface area contributed by atoms with Crippen LogP contribution < -0.4 is 5.32 Å². The number of carbonyl (C=O) groups excluding carboxylic acids is 1. The summed E-state index contributed by atoms with van der Waals surface area (Å²) in [6, 6.07) is 8.50. The first-order valence-electron chi connectivity index (χ1n) is 6.47. The van der Waals surface area contributed by atoms with Crippen LogP contribution in [0.3, 0.4) is 0 Å². The van der Waals surface area contributed by atoms with Gasteiger partial charge in [0.1, 0.15) is 0 Å². The Morgan fingerprint density at radius 2 is 1.90 bits per heavy atom. The molecule has 0 aliphatic rings. The molecule has 0 bridgehead atoms. The summed E-state index contributed by atoms with van der Waals surface area (Å²) in [5.41, 5.74) is 0.531. The van der Waals surface area contributed by atoms with E-state index in [4.69, 9.17) is 4.55 Å². The first-order chi connectivity index (χ1) is 9.45. The van der Waals surface area contributed by atoms with E-state index < -0.39 is 20.9 Å². The molecule has 1 aromatic carbocycles. The molecule has 1 rings (SSSR count). The summed E-state index contributed by atoms with van der Waals surface area (Å²) in [5.74, 6) is -0.785. The van der Waals surface area contributed by atoms with Gasteiger partial charge in [-0.05, 0) is 18.1 Å². The minimum absolute atomic E-state index is 0.383. The molecule has 0 atom stereocenters. The maximum Gasteiger partial charge on any atom is 0.300 e. The van der Waals surface area contributed by atoms with E-state index in [1.807, 2.05) is 6.92 Å². The Balaban J connectivity index is 2.86. The molecule has 110 valence electrons. The van der Waals surface area contributed by atoms with Crippen LogP contribution in [-0.2, 0) is 14.9 Å². The van der Waals surface area contributed by atoms with Crippen LogP contribution in [0.5, 0.6) is 0 Å². The number of benzene rings is 1. The van der Waals surface area contributed by atoms with Gasteiger partial charge >= 0.3 is 0 Å². The number of rotatable bonds is 7. The van der Waals surface area contributed by atoms with Gasteiger partial charge in [0, 0.05) is 6.54 Å². The predicted octanol–water partition coefficient (Wildman–Crippen LogP) is 2.22. The van der Waals surface area contributed by atoms with Crippen molar-refractivity contribution in [1.82, 2.24) is 5.32 Å². The summed E-state index contributed by atoms with van der Waals surface area (Å²) in [6.07, 6.45) is 3.88. The van der Waals surface area contributed by atoms with Crippen molar-refractivity contribution in [2.75, 3.05) is 6.54 Å². The zero-order chi connectivity index (χ0) is 15.0. The molecule has 0 spiro atoms. The Bertz CT molecular complexity index is 564. The second kappa shape index (κ2) is 7.81. The van der Waals surface area contributed by atoms with Gasteiger partial charge in [-0.3, -0.25) is 9.35 Å². The standard InChI is InChI=1S/C14H19NO4S/c1-2-3-7-10-15-14(16)13(20(17,18)19)11-12-8-5-4-6-9-12/h4-6,8-9,11H,2-3,7,10H2,1H3,(H,15,16)(H,17,18,19). The number of unbranched alkanes of at least 4 members (excludes halogenated alkanes) is 2. The Hall–Kier alpha value is -1.66. The van der Waals surface area contributed by atoms with Crippen LogP contribution in [0, 0.1) is 0 Å². The Morgan fingerprint density at radius 1 is 1.25 bits per heavy atom. The molecule has 1 amide bonds. The third-order valence-electron chi connectivity index (χ3n) is 2.66. The summed E-state index contributed by atoms with van der Waals surface area (Å²) < 4.78 is 31.7. The molecule has 6 heteroatoms. The van der Waals surface area contributed by atoms with E-state index in [1.54, 1.807) is 30.3 Å². The van der Waals surface area contributed by atoms with E-state index in [0.29, 0.717) is 12.1 Å². The highest BCUT2D eigenvalue weighted by Crippen LogP contribution is 2.11. The van der Waals surface area contributed by atoms with Gasteiger partial charge in [-0.2, -0.15) is 8.42 Å². The summed E-state index contributed by atoms with van der Waals surface area (Å²) in [5, 5.41) is 2.50. The van der Waals surface area contributed by atoms with Crippen molar-refractivity contribution in [1.29, 1.82) is 0 Å². The lowest BCUT2D eigenvalue weighted by Gasteiger charge is -2.06. The fraction of sp³-hybridized carbons (Fsp3) is 0.357. The summed E-state index contributed by atoms with van der Waals surface area (Å²) >= 11 is 0. The third kappa shape index (κ3) is 5.54. The first kappa shape index (κ1) is 16.4. The second-order valence-corrected chi connectivity index (χ2v) is 5.75. The summed E-state index contributed by atoms with van der Waals surface area (Å²) in [4.78, 5) is 11.2. The largest absolute Gasteiger partial charge is 0.351 e. The molecule has 0 heterocycles. The Morgan fingerprint density at radius 3 is 2.45 bits per heavy atom. The maximum absolute atomic E-state index is 11.8. The van der Waals surface area contributed by atoms with E-state index in [1.165, 1.54) is 0 Å². The Labute approximate surface area is 119 Å². The molecule has 0 saturated heterocycles. The normalized spacial score (nSPS) is 12.2. The highest BCUT2D eigenvalue weighted by atomic mass is 32.2. The number of carbonyl (C=O) groups is 1. The lowest BCUT2D eigenvalue weighted by molar-refractivity contribution is -0.116. The van der Waals surface area contributed by atoms with Crippen LogP contribution in [0.2, 0.25) is 0 Å². The summed E-state index contributed by atoms with van der Waals surface area (Å²) in [7, 11) is -4.56. The van der Waals surface area contributed by atoms with E-state index in [2.05, 4.69) is 5.32 Å². The van der Waals surface area contributed by atoms with Crippen LogP contribution in [0.1, 0.15) is 31.7 Å². The molecule has 0 aromatic heterocycles. The van der Waals surface area contributed by atoms with Crippen LogP contribution in [0.4, 0.5) is 0 Å². The Kier molecular flexibility index (Phi) is 6.41. The zero-order valence-electron chi connectivity index (χ0n) is 11.4. The third-order valence-corrected chi connectivity index (χ3v) is 3.52. The average molecular weight is 297 g/mol. The van der Waals surface area contributed by atoms with Crippen molar-refractivity contribution in [3.8, 4) is 0 Å². The zero-order valence-corrected chi connectivity index (χ0v) is 12.2. The SMILES string of the molecule is CCCCCNC(=O)C(=Cc1ccccc1)S(=O)(=O)O. The maximum atomic E-state index is 11.8. The lowest BCUT2D eigenvalue weighted by Crippen LogP contribution is -2.29. The average Bonchev–Trinajstić information content (AvgIpc) is 2.40. The number of nitrogens with one attached hydrogen (secondary N) is 1. The topological polar surface area (TPSA) is 83.5 Å². The predicted molar refractivity (Wildman–Crippen MR) is 78.5 cm³/mol. The molecule has 0 aliphatic carbocycles. The van der Waals surface area contributed by atoms with Gasteiger partial charge in [0.05, 0.1) is 0 Å². The lowest BCUT2D eigenvalue weighted by atomic mass is 10.2. The van der Waals surface area contributed by atoms with Gasteiger partial charge < -0.3 is 5.32 Å². The highest BCUT2D eigenvalue weighted by Gasteiger charge is 2.22. The number of hydrogen-bond donors (Lipinski definition) is 2. The smallest absolute Gasteiger partial charge is 0.300 e. The van der Waals surface area contributed by atoms with Crippen molar-refractivity contribution in [2.45, 2.75) is 26.2 Å². The molecule has 5 nitrogen and oxygen atoms in total. The van der Waals surface area contributed by atoms with E-state index >= 15 is 0 Å². The van der Waals surface area contributed by atoms with Crippen molar-refractivity contribution < 1.29 is 17.8 Å². The molecule has 0 saturated carbocycles. The van der Waals surface area contributed by atoms with Crippen molar-refractivity contribution in [3.63, 3.8) is 0 Å². The van der Waals surface area contributed by atoms with E-state index in [0.717, 1.165) is 25.3 Å². The van der Waals surface area contributed by atoms with E-state index in [-0.39, 0.29) is 0 Å². The van der Waals surface area contributed by atoms with Crippen LogP contribution in [-0.4, -0.2) is 25.4 Å². The van der Waals surface area contributed by atoms with Gasteiger partial charge in [0.15, 0.2) is 4.91 Å². The fourth-order valence-electron chi connectivity index (χ4n) is 1.62.